The van der Waals surface area contributed by atoms with E-state index in [1.807, 2.05) is 6.92 Å². The number of nitrogens with zero attached hydrogens (tertiary/aromatic N) is 2. The van der Waals surface area contributed by atoms with Gasteiger partial charge in [0.25, 0.3) is 0 Å². The largest absolute Gasteiger partial charge is 0.313 e. The van der Waals surface area contributed by atoms with Crippen LogP contribution in [0.4, 0.5) is 0 Å². The Morgan fingerprint density at radius 3 is 2.65 bits per heavy atom. The number of hydrogen-bond donors (Lipinski definition) is 1. The Hall–Kier alpha value is -0.910. The number of benzene rings is 1. The second-order valence-corrected chi connectivity index (χ2v) is 5.71. The first kappa shape index (κ1) is 12.5. The quantitative estimate of drug-likeness (QED) is 0.901. The van der Waals surface area contributed by atoms with Gasteiger partial charge in [-0.15, -0.1) is 0 Å². The molecular weight excluding hydrogens is 250 g/mol. The Balaban J connectivity index is 1.98. The van der Waals surface area contributed by atoms with Crippen LogP contribution in [0.3, 0.4) is 0 Å². The molecule has 0 unspecified atom stereocenters. The molecule has 3 nitrogen and oxygen atoms in total. The third-order valence-electron chi connectivity index (χ3n) is 2.22. The van der Waals surface area contributed by atoms with E-state index >= 15 is 0 Å². The van der Waals surface area contributed by atoms with E-state index < -0.39 is 0 Å². The van der Waals surface area contributed by atoms with Gasteiger partial charge >= 0.3 is 0 Å². The lowest BCUT2D eigenvalue weighted by Crippen LogP contribution is -2.11. The van der Waals surface area contributed by atoms with Crippen molar-refractivity contribution in [2.75, 3.05) is 6.54 Å². The summed E-state index contributed by atoms with van der Waals surface area (Å²) in [6, 6.07) is 8.57. The summed E-state index contributed by atoms with van der Waals surface area (Å²) >= 11 is 3.12. The Morgan fingerprint density at radius 2 is 2.06 bits per heavy atom. The van der Waals surface area contributed by atoms with Crippen molar-refractivity contribution in [2.45, 2.75) is 29.6 Å². The van der Waals surface area contributed by atoms with Crippen LogP contribution in [0.2, 0.25) is 0 Å². The predicted molar refractivity (Wildman–Crippen MR) is 72.6 cm³/mol. The van der Waals surface area contributed by atoms with Crippen LogP contribution < -0.4 is 5.32 Å². The van der Waals surface area contributed by atoms with Crippen LogP contribution in [0.1, 0.15) is 18.3 Å². The van der Waals surface area contributed by atoms with Crippen LogP contribution in [0.25, 0.3) is 0 Å². The highest BCUT2D eigenvalue weighted by Crippen LogP contribution is 2.28. The maximum absolute atomic E-state index is 4.34. The molecule has 0 bridgehead atoms. The normalized spacial score (nSPS) is 10.7. The molecule has 1 N–H and O–H groups in total. The number of rotatable bonds is 5. The molecule has 0 aliphatic rings. The first-order valence-electron chi connectivity index (χ1n) is 5.55. The van der Waals surface area contributed by atoms with Gasteiger partial charge in [0.15, 0.2) is 4.34 Å². The fourth-order valence-electron chi connectivity index (χ4n) is 1.36. The zero-order valence-electron chi connectivity index (χ0n) is 9.93. The van der Waals surface area contributed by atoms with Crippen LogP contribution in [0.5, 0.6) is 0 Å². The third kappa shape index (κ3) is 3.80. The molecule has 0 fully saturated rings. The summed E-state index contributed by atoms with van der Waals surface area (Å²) in [4.78, 5) is 5.55. The summed E-state index contributed by atoms with van der Waals surface area (Å²) in [7, 11) is 0. The summed E-state index contributed by atoms with van der Waals surface area (Å²) in [6.07, 6.45) is 0. The van der Waals surface area contributed by atoms with Gasteiger partial charge in [-0.3, -0.25) is 0 Å². The minimum atomic E-state index is 0.848. The molecule has 1 aromatic heterocycles. The van der Waals surface area contributed by atoms with Crippen LogP contribution >= 0.6 is 23.3 Å². The molecule has 0 aliphatic heterocycles. The van der Waals surface area contributed by atoms with Gasteiger partial charge in [0.05, 0.1) is 0 Å². The minimum absolute atomic E-state index is 0.848. The topological polar surface area (TPSA) is 37.8 Å². The zero-order valence-corrected chi connectivity index (χ0v) is 11.6. The molecule has 0 radical (unpaired) electrons. The fourth-order valence-corrected chi connectivity index (χ4v) is 2.99. The van der Waals surface area contributed by atoms with Gasteiger partial charge in [-0.05, 0) is 42.7 Å². The van der Waals surface area contributed by atoms with E-state index in [2.05, 4.69) is 45.9 Å². The lowest BCUT2D eigenvalue weighted by Gasteiger charge is -2.03. The molecule has 0 saturated carbocycles. The second kappa shape index (κ2) is 6.14. The molecule has 5 heteroatoms. The smallest absolute Gasteiger partial charge is 0.174 e. The molecular formula is C12H15N3S2. The molecule has 0 amide bonds. The van der Waals surface area contributed by atoms with Gasteiger partial charge in [0, 0.05) is 11.4 Å². The first-order chi connectivity index (χ1) is 8.28. The maximum atomic E-state index is 4.34. The van der Waals surface area contributed by atoms with E-state index in [9.17, 15) is 0 Å². The molecule has 17 heavy (non-hydrogen) atoms. The molecule has 0 spiro atoms. The molecule has 1 heterocycles. The van der Waals surface area contributed by atoms with Crippen molar-refractivity contribution < 1.29 is 0 Å². The van der Waals surface area contributed by atoms with Gasteiger partial charge < -0.3 is 5.32 Å². The molecule has 0 aliphatic carbocycles. The summed E-state index contributed by atoms with van der Waals surface area (Å²) in [5, 5.41) is 3.31. The summed E-state index contributed by atoms with van der Waals surface area (Å²) < 4.78 is 5.17. The van der Waals surface area contributed by atoms with E-state index in [1.54, 1.807) is 11.8 Å². The third-order valence-corrected chi connectivity index (χ3v) is 4.07. The summed E-state index contributed by atoms with van der Waals surface area (Å²) in [5.41, 5.74) is 1.31. The summed E-state index contributed by atoms with van der Waals surface area (Å²) in [5.74, 6) is 0.848. The van der Waals surface area contributed by atoms with Gasteiger partial charge in [0.1, 0.15) is 5.82 Å². The lowest BCUT2D eigenvalue weighted by molar-refractivity contribution is 0.726. The molecule has 0 saturated heterocycles. The van der Waals surface area contributed by atoms with Crippen molar-refractivity contribution in [3.05, 3.63) is 35.7 Å². The zero-order chi connectivity index (χ0) is 12.1. The molecule has 2 aromatic rings. The van der Waals surface area contributed by atoms with Crippen LogP contribution in [-0.4, -0.2) is 15.9 Å². The Labute approximate surface area is 110 Å². The predicted octanol–water partition coefficient (Wildman–Crippen LogP) is 3.11. The van der Waals surface area contributed by atoms with E-state index in [-0.39, 0.29) is 0 Å². The average molecular weight is 265 g/mol. The Morgan fingerprint density at radius 1 is 1.29 bits per heavy atom. The van der Waals surface area contributed by atoms with Crippen molar-refractivity contribution in [3.63, 3.8) is 0 Å². The van der Waals surface area contributed by atoms with Gasteiger partial charge in [-0.2, -0.15) is 4.37 Å². The van der Waals surface area contributed by atoms with Crippen molar-refractivity contribution in [2.24, 2.45) is 0 Å². The van der Waals surface area contributed by atoms with Crippen LogP contribution in [-0.2, 0) is 6.54 Å². The van der Waals surface area contributed by atoms with E-state index in [1.165, 1.54) is 22.0 Å². The number of hydrogen-bond acceptors (Lipinski definition) is 5. The van der Waals surface area contributed by atoms with Crippen molar-refractivity contribution in [3.8, 4) is 0 Å². The SMILES string of the molecule is CCNCc1ccc(Sc2nc(C)ns2)cc1. The number of aromatic nitrogens is 2. The Bertz CT molecular complexity index is 465. The van der Waals surface area contributed by atoms with Gasteiger partial charge in [-0.1, -0.05) is 30.8 Å². The molecule has 0 atom stereocenters. The summed E-state index contributed by atoms with van der Waals surface area (Å²) in [6.45, 7) is 5.96. The standard InChI is InChI=1S/C12H15N3S2/c1-3-13-8-10-4-6-11(7-5-10)16-12-14-9(2)15-17-12/h4-7,13H,3,8H2,1-2H3. The first-order valence-corrected chi connectivity index (χ1v) is 7.14. The lowest BCUT2D eigenvalue weighted by atomic mass is 10.2. The molecule has 90 valence electrons. The number of nitrogens with one attached hydrogen (secondary N) is 1. The van der Waals surface area contributed by atoms with Crippen LogP contribution in [0.15, 0.2) is 33.5 Å². The highest BCUT2D eigenvalue weighted by molar-refractivity contribution is 8.01. The second-order valence-electron chi connectivity index (χ2n) is 3.63. The van der Waals surface area contributed by atoms with Crippen molar-refractivity contribution in [1.29, 1.82) is 0 Å². The number of aryl methyl sites for hydroxylation is 1. The van der Waals surface area contributed by atoms with E-state index in [0.717, 1.165) is 23.3 Å². The molecule has 2 rings (SSSR count). The molecule has 1 aromatic carbocycles. The highest BCUT2D eigenvalue weighted by atomic mass is 32.2. The monoisotopic (exact) mass is 265 g/mol. The van der Waals surface area contributed by atoms with Gasteiger partial charge in [0.2, 0.25) is 0 Å². The fraction of sp³-hybridized carbons (Fsp3) is 0.333. The van der Waals surface area contributed by atoms with Crippen molar-refractivity contribution in [1.82, 2.24) is 14.7 Å². The van der Waals surface area contributed by atoms with E-state index in [0.29, 0.717) is 0 Å². The maximum Gasteiger partial charge on any atom is 0.174 e. The van der Waals surface area contributed by atoms with Gasteiger partial charge in [-0.25, -0.2) is 4.98 Å². The highest BCUT2D eigenvalue weighted by Gasteiger charge is 2.02. The average Bonchev–Trinajstić information content (AvgIpc) is 2.74. The minimum Gasteiger partial charge on any atom is -0.313 e. The van der Waals surface area contributed by atoms with E-state index in [4.69, 9.17) is 0 Å². The Kier molecular flexibility index (Phi) is 4.53. The van der Waals surface area contributed by atoms with Crippen molar-refractivity contribution >= 4 is 23.3 Å². The van der Waals surface area contributed by atoms with Crippen LogP contribution in [0, 0.1) is 6.92 Å².